The van der Waals surface area contributed by atoms with Gasteiger partial charge >= 0.3 is 0 Å². The number of aromatic nitrogens is 3. The summed E-state index contributed by atoms with van der Waals surface area (Å²) in [5, 5.41) is 3.50. The maximum Gasteiger partial charge on any atom is 0.273 e. The van der Waals surface area contributed by atoms with Crippen LogP contribution < -0.4 is 10.1 Å². The van der Waals surface area contributed by atoms with Gasteiger partial charge in [-0.2, -0.15) is 0 Å². The number of fused-ring (bicyclic) bond motifs is 1. The van der Waals surface area contributed by atoms with Crippen LogP contribution in [0.2, 0.25) is 0 Å². The Labute approximate surface area is 184 Å². The average molecular weight is 454 g/mol. The third-order valence-corrected chi connectivity index (χ3v) is 7.14. The number of ether oxygens (including phenoxy) is 1. The number of nitrogens with zero attached hydrogens (tertiary/aromatic N) is 3. The molecular formula is C21H29F2N5O2S. The predicted octanol–water partition coefficient (Wildman–Crippen LogP) is 3.18. The summed E-state index contributed by atoms with van der Waals surface area (Å²) >= 11 is 1.40. The minimum Gasteiger partial charge on any atom is -0.464 e. The quantitative estimate of drug-likeness (QED) is 0.609. The Morgan fingerprint density at radius 2 is 2.19 bits per heavy atom. The second kappa shape index (κ2) is 10.5. The maximum absolute atomic E-state index is 12.3. The minimum absolute atomic E-state index is 0.0303. The summed E-state index contributed by atoms with van der Waals surface area (Å²) in [7, 11) is 0. The highest BCUT2D eigenvalue weighted by molar-refractivity contribution is 7.13. The molecule has 2 aromatic heterocycles. The molecule has 7 nitrogen and oxygen atoms in total. The Morgan fingerprint density at radius 1 is 1.35 bits per heavy atom. The van der Waals surface area contributed by atoms with Crippen molar-refractivity contribution in [2.75, 3.05) is 19.7 Å². The van der Waals surface area contributed by atoms with E-state index in [1.54, 1.807) is 12.4 Å². The zero-order chi connectivity index (χ0) is 21.6. The molecule has 1 aliphatic heterocycles. The smallest absolute Gasteiger partial charge is 0.273 e. The molecule has 170 valence electrons. The van der Waals surface area contributed by atoms with Gasteiger partial charge in [0.15, 0.2) is 6.61 Å². The standard InChI is InChI=1S/C21H29F2N5O2S/c22-18(23)13-30-21-27-16-12-28(10-6-17(16)31-21)9-5-14-1-3-15(4-2-14)26-20(29)11-19-24-7-8-25-19/h7-8,14-15,18H,1-6,9-13H2,(H,24,25)(H,26,29)/t14-,15-. The van der Waals surface area contributed by atoms with Gasteiger partial charge in [-0.05, 0) is 51.0 Å². The first-order valence-corrected chi connectivity index (χ1v) is 11.8. The van der Waals surface area contributed by atoms with Gasteiger partial charge in [0.1, 0.15) is 5.82 Å². The number of hydrogen-bond acceptors (Lipinski definition) is 6. The lowest BCUT2D eigenvalue weighted by Crippen LogP contribution is -2.39. The third-order valence-electron chi connectivity index (χ3n) is 6.07. The molecule has 2 aliphatic rings. The van der Waals surface area contributed by atoms with Crippen molar-refractivity contribution in [1.82, 2.24) is 25.2 Å². The summed E-state index contributed by atoms with van der Waals surface area (Å²) in [5.41, 5.74) is 0.975. The Bertz CT molecular complexity index is 837. The number of hydrogen-bond donors (Lipinski definition) is 2. The number of rotatable bonds is 9. The van der Waals surface area contributed by atoms with Gasteiger partial charge in [0, 0.05) is 36.4 Å². The molecule has 0 aromatic carbocycles. The molecule has 0 saturated heterocycles. The first-order valence-electron chi connectivity index (χ1n) is 10.9. The molecule has 1 saturated carbocycles. The lowest BCUT2D eigenvalue weighted by Gasteiger charge is -2.32. The fourth-order valence-electron chi connectivity index (χ4n) is 4.40. The number of carbonyl (C=O) groups is 1. The summed E-state index contributed by atoms with van der Waals surface area (Å²) < 4.78 is 29.7. The molecule has 31 heavy (non-hydrogen) atoms. The number of aromatic amines is 1. The lowest BCUT2D eigenvalue weighted by atomic mass is 9.84. The molecule has 0 spiro atoms. The van der Waals surface area contributed by atoms with Gasteiger partial charge in [0.25, 0.3) is 11.6 Å². The van der Waals surface area contributed by atoms with Crippen molar-refractivity contribution in [2.24, 2.45) is 5.92 Å². The summed E-state index contributed by atoms with van der Waals surface area (Å²) in [5.74, 6) is 1.41. The molecule has 2 N–H and O–H groups in total. The van der Waals surface area contributed by atoms with E-state index in [2.05, 4.69) is 25.2 Å². The molecule has 0 unspecified atom stereocenters. The summed E-state index contributed by atoms with van der Waals surface area (Å²) in [4.78, 5) is 27.2. The van der Waals surface area contributed by atoms with Gasteiger partial charge in [-0.1, -0.05) is 11.3 Å². The summed E-state index contributed by atoms with van der Waals surface area (Å²) in [6.45, 7) is 2.16. The topological polar surface area (TPSA) is 83.1 Å². The van der Waals surface area contributed by atoms with E-state index in [0.29, 0.717) is 23.4 Å². The molecule has 3 heterocycles. The zero-order valence-electron chi connectivity index (χ0n) is 17.5. The molecule has 0 radical (unpaired) electrons. The molecular weight excluding hydrogens is 424 g/mol. The van der Waals surface area contributed by atoms with E-state index in [0.717, 1.165) is 68.7 Å². The molecule has 0 atom stereocenters. The van der Waals surface area contributed by atoms with Crippen molar-refractivity contribution in [3.63, 3.8) is 0 Å². The van der Waals surface area contributed by atoms with Crippen molar-refractivity contribution in [3.8, 4) is 5.19 Å². The van der Waals surface area contributed by atoms with Crippen LogP contribution in [-0.4, -0.2) is 57.9 Å². The molecule has 2 aromatic rings. The molecule has 1 fully saturated rings. The Morgan fingerprint density at radius 3 is 2.94 bits per heavy atom. The highest BCUT2D eigenvalue weighted by atomic mass is 32.1. The number of nitrogens with one attached hydrogen (secondary N) is 2. The SMILES string of the molecule is O=C(Cc1ncc[nH]1)N[C@H]1CC[C@H](CCN2CCc3sc(OCC(F)F)nc3C2)CC1. The second-order valence-corrected chi connectivity index (χ2v) is 9.41. The molecule has 1 amide bonds. The third kappa shape index (κ3) is 6.46. The fraction of sp³-hybridized carbons (Fsp3) is 0.667. The molecule has 10 heteroatoms. The number of carbonyl (C=O) groups excluding carboxylic acids is 1. The van der Waals surface area contributed by atoms with Gasteiger partial charge in [0.05, 0.1) is 12.1 Å². The summed E-state index contributed by atoms with van der Waals surface area (Å²) in [6, 6.07) is 0.262. The largest absolute Gasteiger partial charge is 0.464 e. The van der Waals surface area contributed by atoms with E-state index in [1.165, 1.54) is 11.3 Å². The van der Waals surface area contributed by atoms with Gasteiger partial charge in [0.2, 0.25) is 5.91 Å². The van der Waals surface area contributed by atoms with E-state index in [-0.39, 0.29) is 11.9 Å². The highest BCUT2D eigenvalue weighted by Gasteiger charge is 2.25. The van der Waals surface area contributed by atoms with Crippen LogP contribution in [0.4, 0.5) is 8.78 Å². The van der Waals surface area contributed by atoms with Crippen LogP contribution in [0.1, 0.15) is 48.5 Å². The van der Waals surface area contributed by atoms with E-state index >= 15 is 0 Å². The van der Waals surface area contributed by atoms with E-state index in [4.69, 9.17) is 4.74 Å². The van der Waals surface area contributed by atoms with Crippen molar-refractivity contribution in [2.45, 2.75) is 64.0 Å². The predicted molar refractivity (Wildman–Crippen MR) is 113 cm³/mol. The van der Waals surface area contributed by atoms with Gasteiger partial charge < -0.3 is 15.0 Å². The fourth-order valence-corrected chi connectivity index (χ4v) is 5.32. The van der Waals surface area contributed by atoms with E-state index in [1.807, 2.05) is 0 Å². The Kier molecular flexibility index (Phi) is 7.49. The minimum atomic E-state index is -2.48. The first-order chi connectivity index (χ1) is 15.0. The zero-order valence-corrected chi connectivity index (χ0v) is 18.3. The van der Waals surface area contributed by atoms with Crippen LogP contribution in [0.15, 0.2) is 12.4 Å². The summed E-state index contributed by atoms with van der Waals surface area (Å²) in [6.07, 6.45) is 7.57. The number of alkyl halides is 2. The Hall–Kier alpha value is -2.07. The monoisotopic (exact) mass is 453 g/mol. The molecule has 4 rings (SSSR count). The molecule has 0 bridgehead atoms. The number of imidazole rings is 1. The number of thiazole rings is 1. The number of amides is 1. The lowest BCUT2D eigenvalue weighted by molar-refractivity contribution is -0.121. The maximum atomic E-state index is 12.3. The van der Waals surface area contributed by atoms with Crippen LogP contribution in [0.5, 0.6) is 5.19 Å². The van der Waals surface area contributed by atoms with Crippen molar-refractivity contribution < 1.29 is 18.3 Å². The van der Waals surface area contributed by atoms with Crippen molar-refractivity contribution in [1.29, 1.82) is 0 Å². The van der Waals surface area contributed by atoms with Gasteiger partial charge in [-0.3, -0.25) is 9.69 Å². The van der Waals surface area contributed by atoms with Gasteiger partial charge in [-0.15, -0.1) is 0 Å². The second-order valence-electron chi connectivity index (χ2n) is 8.36. The normalized spacial score (nSPS) is 21.8. The highest BCUT2D eigenvalue weighted by Crippen LogP contribution is 2.31. The van der Waals surface area contributed by atoms with E-state index < -0.39 is 13.0 Å². The van der Waals surface area contributed by atoms with Crippen molar-refractivity contribution >= 4 is 17.2 Å². The van der Waals surface area contributed by atoms with E-state index in [9.17, 15) is 13.6 Å². The van der Waals surface area contributed by atoms with Crippen LogP contribution in [0, 0.1) is 5.92 Å². The van der Waals surface area contributed by atoms with Gasteiger partial charge in [-0.25, -0.2) is 18.7 Å². The van der Waals surface area contributed by atoms with Crippen LogP contribution in [0.3, 0.4) is 0 Å². The number of H-pyrrole nitrogens is 1. The van der Waals surface area contributed by atoms with Crippen LogP contribution in [-0.2, 0) is 24.2 Å². The number of halogens is 2. The van der Waals surface area contributed by atoms with Crippen LogP contribution in [0.25, 0.3) is 0 Å². The Balaban J connectivity index is 1.15. The van der Waals surface area contributed by atoms with Crippen LogP contribution >= 0.6 is 11.3 Å². The molecule has 1 aliphatic carbocycles. The average Bonchev–Trinajstić information content (AvgIpc) is 3.40. The first kappa shape index (κ1) is 22.1. The van der Waals surface area contributed by atoms with Crippen molar-refractivity contribution in [3.05, 3.63) is 28.8 Å².